The van der Waals surface area contributed by atoms with Crippen LogP contribution in [0.1, 0.15) is 65.1 Å². The highest BCUT2D eigenvalue weighted by Gasteiger charge is 2.26. The van der Waals surface area contributed by atoms with Crippen molar-refractivity contribution in [2.45, 2.75) is 44.9 Å². The lowest BCUT2D eigenvalue weighted by atomic mass is 9.79. The van der Waals surface area contributed by atoms with Crippen LogP contribution >= 0.6 is 11.6 Å². The molecule has 0 radical (unpaired) electrons. The molecule has 6 heteroatoms. The average molecular weight is 544 g/mol. The van der Waals surface area contributed by atoms with Crippen molar-refractivity contribution in [3.05, 3.63) is 112 Å². The Labute approximate surface area is 234 Å². The highest BCUT2D eigenvalue weighted by atomic mass is 35.5. The van der Waals surface area contributed by atoms with Gasteiger partial charge in [-0.25, -0.2) is 0 Å². The molecule has 0 bridgehead atoms. The summed E-state index contributed by atoms with van der Waals surface area (Å²) in [5.41, 5.74) is 4.00. The summed E-state index contributed by atoms with van der Waals surface area (Å²) in [6, 6.07) is 28.1. The van der Waals surface area contributed by atoms with Gasteiger partial charge in [-0.05, 0) is 77.6 Å². The third kappa shape index (κ3) is 7.61. The first-order valence-electron chi connectivity index (χ1n) is 13.3. The number of aliphatic carboxylic acids is 1. The summed E-state index contributed by atoms with van der Waals surface area (Å²) in [4.78, 5) is 23.2. The van der Waals surface area contributed by atoms with Crippen molar-refractivity contribution < 1.29 is 19.4 Å². The van der Waals surface area contributed by atoms with Gasteiger partial charge < -0.3 is 15.2 Å². The van der Waals surface area contributed by atoms with Crippen LogP contribution in [0, 0.1) is 6.92 Å². The van der Waals surface area contributed by atoms with Gasteiger partial charge in [-0.3, -0.25) is 9.59 Å². The number of ether oxygens (including phenoxy) is 1. The number of carbonyl (C=O) groups is 2. The molecule has 0 aliphatic carbocycles. The fourth-order valence-electron chi connectivity index (χ4n) is 4.95. The minimum Gasteiger partial charge on any atom is -0.493 e. The zero-order valence-electron chi connectivity index (χ0n) is 22.3. The number of carboxylic acids is 1. The molecule has 2 atom stereocenters. The Hall–Kier alpha value is -3.83. The van der Waals surface area contributed by atoms with E-state index in [0.29, 0.717) is 17.2 Å². The van der Waals surface area contributed by atoms with Gasteiger partial charge in [0.1, 0.15) is 5.75 Å². The maximum absolute atomic E-state index is 12.5. The molecule has 4 rings (SSSR count). The number of carboxylic acid groups (broad SMARTS) is 1. The van der Waals surface area contributed by atoms with E-state index in [0.717, 1.165) is 35.1 Å². The topological polar surface area (TPSA) is 75.6 Å². The predicted molar refractivity (Wildman–Crippen MR) is 157 cm³/mol. The van der Waals surface area contributed by atoms with E-state index < -0.39 is 5.97 Å². The average Bonchev–Trinajstić information content (AvgIpc) is 2.93. The van der Waals surface area contributed by atoms with E-state index in [9.17, 15) is 9.59 Å². The van der Waals surface area contributed by atoms with Crippen molar-refractivity contribution in [2.75, 3.05) is 13.2 Å². The molecule has 0 saturated heterocycles. The summed E-state index contributed by atoms with van der Waals surface area (Å²) in [7, 11) is 0. The van der Waals surface area contributed by atoms with Crippen molar-refractivity contribution in [1.29, 1.82) is 0 Å². The van der Waals surface area contributed by atoms with E-state index in [1.807, 2.05) is 30.3 Å². The van der Waals surface area contributed by atoms with Crippen LogP contribution in [0.4, 0.5) is 0 Å². The quantitative estimate of drug-likeness (QED) is 0.191. The molecule has 0 aromatic heterocycles. The van der Waals surface area contributed by atoms with Crippen LogP contribution in [0.5, 0.6) is 5.75 Å². The van der Waals surface area contributed by atoms with E-state index in [1.54, 1.807) is 12.1 Å². The first-order valence-corrected chi connectivity index (χ1v) is 13.7. The standard InChI is InChI=1S/C33H34ClNO4/c1-3-4-30(23-7-9-25(10-8-23)33(38)35-18-17-32(36)37)31(24-11-14-28(34)15-12-24)21-39-29-16-13-26-19-22(2)5-6-27(26)20-29/h5-16,19-20,30-31H,3-4,17-18,21H2,1-2H3,(H,35,38)(H,36,37). The molecule has 0 fully saturated rings. The maximum Gasteiger partial charge on any atom is 0.305 e. The minimum atomic E-state index is -0.942. The summed E-state index contributed by atoms with van der Waals surface area (Å²) in [5.74, 6) is -0.176. The van der Waals surface area contributed by atoms with E-state index in [2.05, 4.69) is 61.6 Å². The molecule has 4 aromatic rings. The third-order valence-electron chi connectivity index (χ3n) is 7.01. The fraction of sp³-hybridized carbons (Fsp3) is 0.273. The Bertz CT molecular complexity index is 1420. The van der Waals surface area contributed by atoms with Gasteiger partial charge in [-0.2, -0.15) is 0 Å². The number of hydrogen-bond donors (Lipinski definition) is 2. The first-order chi connectivity index (χ1) is 18.8. The molecule has 1 amide bonds. The summed E-state index contributed by atoms with van der Waals surface area (Å²) >= 11 is 6.21. The molecule has 0 saturated carbocycles. The van der Waals surface area contributed by atoms with Gasteiger partial charge >= 0.3 is 5.97 Å². The predicted octanol–water partition coefficient (Wildman–Crippen LogP) is 7.75. The Morgan fingerprint density at radius 1 is 0.872 bits per heavy atom. The number of fused-ring (bicyclic) bond motifs is 1. The molecule has 0 spiro atoms. The molecule has 0 aliphatic rings. The SMILES string of the molecule is CCCC(c1ccc(C(=O)NCCC(=O)O)cc1)C(COc1ccc2cc(C)ccc2c1)c1ccc(Cl)cc1. The summed E-state index contributed by atoms with van der Waals surface area (Å²) < 4.78 is 6.42. The Balaban J connectivity index is 1.58. The number of amides is 1. The number of hydrogen-bond acceptors (Lipinski definition) is 3. The number of nitrogens with one attached hydrogen (secondary N) is 1. The maximum atomic E-state index is 12.5. The normalized spacial score (nSPS) is 12.6. The fourth-order valence-corrected chi connectivity index (χ4v) is 5.08. The van der Waals surface area contributed by atoms with Crippen molar-refractivity contribution in [3.63, 3.8) is 0 Å². The minimum absolute atomic E-state index is 0.0613. The van der Waals surface area contributed by atoms with Crippen molar-refractivity contribution in [3.8, 4) is 5.75 Å². The summed E-state index contributed by atoms with van der Waals surface area (Å²) in [5, 5.41) is 14.5. The van der Waals surface area contributed by atoms with Gasteiger partial charge in [0.2, 0.25) is 0 Å². The van der Waals surface area contributed by atoms with Crippen LogP contribution in [0.25, 0.3) is 10.8 Å². The van der Waals surface area contributed by atoms with E-state index in [1.165, 1.54) is 10.9 Å². The van der Waals surface area contributed by atoms with Gasteiger partial charge in [0.15, 0.2) is 0 Å². The molecule has 0 heterocycles. The Morgan fingerprint density at radius 2 is 1.51 bits per heavy atom. The number of benzene rings is 4. The van der Waals surface area contributed by atoms with Crippen LogP contribution in [0.3, 0.4) is 0 Å². The summed E-state index contributed by atoms with van der Waals surface area (Å²) in [6.45, 7) is 4.84. The third-order valence-corrected chi connectivity index (χ3v) is 7.26. The van der Waals surface area contributed by atoms with Gasteiger partial charge in [-0.1, -0.05) is 79.0 Å². The van der Waals surface area contributed by atoms with Gasteiger partial charge in [-0.15, -0.1) is 0 Å². The molecule has 202 valence electrons. The zero-order chi connectivity index (χ0) is 27.8. The van der Waals surface area contributed by atoms with Gasteiger partial charge in [0, 0.05) is 23.0 Å². The van der Waals surface area contributed by atoms with E-state index >= 15 is 0 Å². The second kappa shape index (κ2) is 13.3. The highest BCUT2D eigenvalue weighted by molar-refractivity contribution is 6.30. The Kier molecular flexibility index (Phi) is 9.61. The number of carbonyl (C=O) groups excluding carboxylic acids is 1. The molecular weight excluding hydrogens is 510 g/mol. The van der Waals surface area contributed by atoms with Crippen LogP contribution in [0.2, 0.25) is 5.02 Å². The second-order valence-corrected chi connectivity index (χ2v) is 10.3. The number of halogens is 1. The largest absolute Gasteiger partial charge is 0.493 e. The van der Waals surface area contributed by atoms with E-state index in [4.69, 9.17) is 21.4 Å². The smallest absolute Gasteiger partial charge is 0.305 e. The number of rotatable bonds is 12. The second-order valence-electron chi connectivity index (χ2n) is 9.90. The van der Waals surface area contributed by atoms with Crippen molar-refractivity contribution in [1.82, 2.24) is 5.32 Å². The zero-order valence-corrected chi connectivity index (χ0v) is 23.1. The lowest BCUT2D eigenvalue weighted by Crippen LogP contribution is -2.26. The van der Waals surface area contributed by atoms with E-state index in [-0.39, 0.29) is 30.7 Å². The lowest BCUT2D eigenvalue weighted by Gasteiger charge is -2.28. The molecular formula is C33H34ClNO4. The van der Waals surface area contributed by atoms with Gasteiger partial charge in [0.25, 0.3) is 5.91 Å². The van der Waals surface area contributed by atoms with Crippen LogP contribution in [-0.2, 0) is 4.79 Å². The first kappa shape index (κ1) is 28.2. The van der Waals surface area contributed by atoms with Crippen LogP contribution < -0.4 is 10.1 Å². The highest BCUT2D eigenvalue weighted by Crippen LogP contribution is 2.38. The monoisotopic (exact) mass is 543 g/mol. The molecule has 5 nitrogen and oxygen atoms in total. The van der Waals surface area contributed by atoms with Crippen molar-refractivity contribution in [2.24, 2.45) is 0 Å². The van der Waals surface area contributed by atoms with Gasteiger partial charge in [0.05, 0.1) is 13.0 Å². The summed E-state index contributed by atoms with van der Waals surface area (Å²) in [6.07, 6.45) is 1.82. The molecule has 2 N–H and O–H groups in total. The van der Waals surface area contributed by atoms with Crippen molar-refractivity contribution >= 4 is 34.2 Å². The number of aryl methyl sites for hydroxylation is 1. The molecule has 4 aromatic carbocycles. The molecule has 39 heavy (non-hydrogen) atoms. The van der Waals surface area contributed by atoms with Crippen LogP contribution in [0.15, 0.2) is 84.9 Å². The molecule has 0 aliphatic heterocycles. The van der Waals surface area contributed by atoms with Crippen LogP contribution in [-0.4, -0.2) is 30.1 Å². The molecule has 2 unspecified atom stereocenters. The Morgan fingerprint density at radius 3 is 2.21 bits per heavy atom. The lowest BCUT2D eigenvalue weighted by molar-refractivity contribution is -0.136.